The molecule has 1 unspecified atom stereocenters. The molecule has 0 N–H and O–H groups in total. The number of hydrogen-bond acceptors (Lipinski definition) is 7. The normalized spacial score (nSPS) is 15.3. The van der Waals surface area contributed by atoms with E-state index in [1.807, 2.05) is 42.5 Å². The number of nitrogens with zero attached hydrogens (tertiary/aromatic N) is 3. The van der Waals surface area contributed by atoms with Gasteiger partial charge in [-0.25, -0.2) is 9.79 Å². The summed E-state index contributed by atoms with van der Waals surface area (Å²) in [7, 11) is 1.62. The molecule has 1 aromatic heterocycles. The van der Waals surface area contributed by atoms with E-state index in [1.54, 1.807) is 27.0 Å². The van der Waals surface area contributed by atoms with Gasteiger partial charge in [0.1, 0.15) is 11.8 Å². The molecule has 0 bridgehead atoms. The Kier molecular flexibility index (Phi) is 8.19. The van der Waals surface area contributed by atoms with Crippen molar-refractivity contribution in [3.8, 4) is 5.75 Å². The third-order valence-corrected chi connectivity index (χ3v) is 7.68. The van der Waals surface area contributed by atoms with Gasteiger partial charge in [0.25, 0.3) is 5.56 Å². The minimum Gasteiger partial charge on any atom is -0.496 e. The first-order valence-electron chi connectivity index (χ1n) is 12.2. The number of carbonyl (C=O) groups excluding carboxylic acids is 1. The van der Waals surface area contributed by atoms with Crippen LogP contribution in [0.3, 0.4) is 0 Å². The number of esters is 1. The zero-order valence-electron chi connectivity index (χ0n) is 21.6. The van der Waals surface area contributed by atoms with Gasteiger partial charge in [0.05, 0.1) is 29.5 Å². The number of anilines is 1. The van der Waals surface area contributed by atoms with Crippen molar-refractivity contribution in [3.05, 3.63) is 89.6 Å². The topological polar surface area (TPSA) is 73.1 Å². The maximum atomic E-state index is 13.8. The third kappa shape index (κ3) is 5.08. The lowest BCUT2D eigenvalue weighted by Gasteiger charge is -2.25. The molecule has 4 rings (SSSR count). The average Bonchev–Trinajstić information content (AvgIpc) is 3.19. The number of allylic oxidation sites excluding steroid dienone is 1. The lowest BCUT2D eigenvalue weighted by molar-refractivity contribution is -0.139. The Bertz CT molecular complexity index is 1540. The van der Waals surface area contributed by atoms with Gasteiger partial charge in [-0.05, 0) is 57.5 Å². The van der Waals surface area contributed by atoms with Crippen LogP contribution in [0.2, 0.25) is 5.02 Å². The van der Waals surface area contributed by atoms with Crippen molar-refractivity contribution in [2.24, 2.45) is 4.99 Å². The molecule has 2 heterocycles. The summed E-state index contributed by atoms with van der Waals surface area (Å²) < 4.78 is 13.0. The highest BCUT2D eigenvalue weighted by atomic mass is 35.5. The van der Waals surface area contributed by atoms with Gasteiger partial charge >= 0.3 is 5.97 Å². The minimum atomic E-state index is -0.752. The third-order valence-electron chi connectivity index (χ3n) is 6.35. The number of hydrogen-bond donors (Lipinski definition) is 0. The summed E-state index contributed by atoms with van der Waals surface area (Å²) in [4.78, 5) is 34.2. The van der Waals surface area contributed by atoms with Gasteiger partial charge < -0.3 is 14.4 Å². The van der Waals surface area contributed by atoms with Crippen molar-refractivity contribution in [2.45, 2.75) is 33.7 Å². The fourth-order valence-corrected chi connectivity index (χ4v) is 5.80. The summed E-state index contributed by atoms with van der Waals surface area (Å²) in [6.45, 7) is 9.66. The maximum Gasteiger partial charge on any atom is 0.338 e. The molecule has 2 aromatic carbocycles. The highest BCUT2D eigenvalue weighted by Crippen LogP contribution is 2.34. The molecule has 1 aliphatic rings. The number of fused-ring (bicyclic) bond motifs is 1. The Labute approximate surface area is 224 Å². The van der Waals surface area contributed by atoms with Gasteiger partial charge in [-0.2, -0.15) is 0 Å². The summed E-state index contributed by atoms with van der Waals surface area (Å²) >= 11 is 7.83. The average molecular weight is 540 g/mol. The minimum absolute atomic E-state index is 0.207. The van der Waals surface area contributed by atoms with Gasteiger partial charge in [0.15, 0.2) is 4.80 Å². The lowest BCUT2D eigenvalue weighted by atomic mass is 9.96. The molecule has 0 radical (unpaired) electrons. The largest absolute Gasteiger partial charge is 0.496 e. The molecule has 0 spiro atoms. The molecule has 3 aromatic rings. The van der Waals surface area contributed by atoms with E-state index in [9.17, 15) is 9.59 Å². The Morgan fingerprint density at radius 2 is 1.92 bits per heavy atom. The van der Waals surface area contributed by atoms with Crippen LogP contribution in [-0.2, 0) is 9.53 Å². The van der Waals surface area contributed by atoms with Crippen LogP contribution in [-0.4, -0.2) is 37.3 Å². The number of methoxy groups -OCH3 is 1. The van der Waals surface area contributed by atoms with Crippen LogP contribution in [0, 0.1) is 0 Å². The summed E-state index contributed by atoms with van der Waals surface area (Å²) in [5, 5.41) is 0.451. The standard InChI is InChI=1S/C28H30ClN3O4S/c1-6-31(7-2)19-14-13-18(22(16-19)35-5)15-23-26(33)32-25(20-11-9-10-12-21(20)29)24(27(34)36-8-3)17(4)30-28(32)37-23/h9-16,25H,6-8H2,1-5H3/b23-15-. The molecule has 7 nitrogen and oxygen atoms in total. The Balaban J connectivity index is 1.92. The summed E-state index contributed by atoms with van der Waals surface area (Å²) in [6, 6.07) is 12.4. The number of carbonyl (C=O) groups is 1. The monoisotopic (exact) mass is 539 g/mol. The Morgan fingerprint density at radius 3 is 2.57 bits per heavy atom. The van der Waals surface area contributed by atoms with Crippen molar-refractivity contribution < 1.29 is 14.3 Å². The molecule has 0 amide bonds. The summed E-state index contributed by atoms with van der Waals surface area (Å²) in [5.74, 6) is 0.151. The van der Waals surface area contributed by atoms with Gasteiger partial charge in [0, 0.05) is 35.4 Å². The quantitative estimate of drug-likeness (QED) is 0.399. The second-order valence-corrected chi connectivity index (χ2v) is 9.84. The fourth-order valence-electron chi connectivity index (χ4n) is 4.53. The zero-order valence-corrected chi connectivity index (χ0v) is 23.2. The fraction of sp³-hybridized carbons (Fsp3) is 0.321. The second kappa shape index (κ2) is 11.4. The van der Waals surface area contributed by atoms with Crippen LogP contribution in [0.5, 0.6) is 5.75 Å². The van der Waals surface area contributed by atoms with Crippen LogP contribution in [0.15, 0.2) is 63.5 Å². The second-order valence-electron chi connectivity index (χ2n) is 8.42. The maximum absolute atomic E-state index is 13.8. The van der Waals surface area contributed by atoms with Crippen LogP contribution < -0.4 is 24.5 Å². The summed E-state index contributed by atoms with van der Waals surface area (Å²) in [6.07, 6.45) is 1.81. The van der Waals surface area contributed by atoms with E-state index < -0.39 is 12.0 Å². The van der Waals surface area contributed by atoms with Gasteiger partial charge in [-0.1, -0.05) is 41.1 Å². The molecule has 1 atom stereocenters. The molecular weight excluding hydrogens is 510 g/mol. The number of ether oxygens (including phenoxy) is 2. The van der Waals surface area contributed by atoms with Crippen molar-refractivity contribution in [2.75, 3.05) is 31.7 Å². The van der Waals surface area contributed by atoms with Crippen molar-refractivity contribution in [1.29, 1.82) is 0 Å². The van der Waals surface area contributed by atoms with E-state index in [0.29, 0.717) is 36.9 Å². The molecule has 0 aliphatic carbocycles. The van der Waals surface area contributed by atoms with E-state index >= 15 is 0 Å². The number of aromatic nitrogens is 1. The molecule has 0 saturated carbocycles. The highest BCUT2D eigenvalue weighted by molar-refractivity contribution is 7.07. The van der Waals surface area contributed by atoms with Crippen molar-refractivity contribution in [3.63, 3.8) is 0 Å². The van der Waals surface area contributed by atoms with Crippen molar-refractivity contribution in [1.82, 2.24) is 4.57 Å². The first kappa shape index (κ1) is 26.7. The van der Waals surface area contributed by atoms with Crippen LogP contribution >= 0.6 is 22.9 Å². The van der Waals surface area contributed by atoms with Crippen LogP contribution in [0.25, 0.3) is 6.08 Å². The van der Waals surface area contributed by atoms with E-state index in [4.69, 9.17) is 21.1 Å². The molecular formula is C28H30ClN3O4S. The number of halogens is 1. The van der Waals surface area contributed by atoms with E-state index in [2.05, 4.69) is 23.7 Å². The van der Waals surface area contributed by atoms with E-state index in [1.165, 1.54) is 15.9 Å². The van der Waals surface area contributed by atoms with Gasteiger partial charge in [-0.15, -0.1) is 0 Å². The predicted octanol–water partition coefficient (Wildman–Crippen LogP) is 4.31. The van der Waals surface area contributed by atoms with Crippen molar-refractivity contribution >= 4 is 40.7 Å². The predicted molar refractivity (Wildman–Crippen MR) is 148 cm³/mol. The number of thiazole rings is 1. The molecule has 0 saturated heterocycles. The molecule has 1 aliphatic heterocycles. The van der Waals surface area contributed by atoms with E-state index in [-0.39, 0.29) is 12.2 Å². The molecule has 0 fully saturated rings. The SMILES string of the molecule is CCOC(=O)C1=C(C)N=c2s/c(=C\c3ccc(N(CC)CC)cc3OC)c(=O)n2C1c1ccccc1Cl. The van der Waals surface area contributed by atoms with Crippen LogP contribution in [0.1, 0.15) is 44.9 Å². The molecule has 194 valence electrons. The zero-order chi connectivity index (χ0) is 26.7. The first-order chi connectivity index (χ1) is 17.8. The number of rotatable bonds is 8. The smallest absolute Gasteiger partial charge is 0.338 e. The Hall–Kier alpha value is -3.36. The van der Waals surface area contributed by atoms with E-state index in [0.717, 1.165) is 24.3 Å². The lowest BCUT2D eigenvalue weighted by Crippen LogP contribution is -2.40. The van der Waals surface area contributed by atoms with Gasteiger partial charge in [-0.3, -0.25) is 9.36 Å². The van der Waals surface area contributed by atoms with Crippen LogP contribution in [0.4, 0.5) is 5.69 Å². The highest BCUT2D eigenvalue weighted by Gasteiger charge is 2.34. The molecule has 9 heteroatoms. The summed E-state index contributed by atoms with van der Waals surface area (Å²) in [5.41, 5.74) is 2.99. The Morgan fingerprint density at radius 1 is 1.19 bits per heavy atom. The van der Waals surface area contributed by atoms with Gasteiger partial charge in [0.2, 0.25) is 0 Å². The molecule has 37 heavy (non-hydrogen) atoms. The first-order valence-corrected chi connectivity index (χ1v) is 13.4. The number of benzene rings is 2.